The Morgan fingerprint density at radius 3 is 2.43 bits per heavy atom. The summed E-state index contributed by atoms with van der Waals surface area (Å²) in [5.41, 5.74) is 3.04. The van der Waals surface area contributed by atoms with Crippen molar-refractivity contribution in [2.45, 2.75) is 19.6 Å². The zero-order valence-corrected chi connectivity index (χ0v) is 17.1. The first-order valence-electron chi connectivity index (χ1n) is 10.5. The Morgan fingerprint density at radius 1 is 0.867 bits per heavy atom. The highest BCUT2D eigenvalue weighted by Crippen LogP contribution is 2.17. The van der Waals surface area contributed by atoms with Crippen molar-refractivity contribution < 1.29 is 9.53 Å². The second-order valence-electron chi connectivity index (χ2n) is 7.58. The Balaban J connectivity index is 1.30. The van der Waals surface area contributed by atoms with Crippen LogP contribution in [0.25, 0.3) is 0 Å². The number of hydrogen-bond donors (Lipinski definition) is 0. The third kappa shape index (κ3) is 5.45. The quantitative estimate of drug-likeness (QED) is 0.626. The Morgan fingerprint density at radius 2 is 1.67 bits per heavy atom. The molecule has 0 N–H and O–H groups in total. The molecule has 0 aliphatic carbocycles. The highest BCUT2D eigenvalue weighted by Gasteiger charge is 2.20. The number of pyridine rings is 1. The summed E-state index contributed by atoms with van der Waals surface area (Å²) in [5, 5.41) is 0. The Labute approximate surface area is 177 Å². The molecule has 2 heterocycles. The minimum Gasteiger partial charge on any atom is -0.489 e. The van der Waals surface area contributed by atoms with Crippen LogP contribution in [0.4, 0.5) is 0 Å². The van der Waals surface area contributed by atoms with Crippen LogP contribution in [-0.2, 0) is 13.2 Å². The van der Waals surface area contributed by atoms with Crippen molar-refractivity contribution in [3.8, 4) is 5.75 Å². The van der Waals surface area contributed by atoms with Crippen molar-refractivity contribution >= 4 is 5.91 Å². The van der Waals surface area contributed by atoms with E-state index in [1.54, 1.807) is 12.4 Å². The van der Waals surface area contributed by atoms with E-state index in [9.17, 15) is 4.79 Å². The van der Waals surface area contributed by atoms with Gasteiger partial charge in [0.25, 0.3) is 5.91 Å². The van der Waals surface area contributed by atoms with Crippen molar-refractivity contribution in [1.29, 1.82) is 0 Å². The maximum absolute atomic E-state index is 13.0. The molecule has 5 nitrogen and oxygen atoms in total. The van der Waals surface area contributed by atoms with Gasteiger partial charge in [-0.15, -0.1) is 0 Å². The topological polar surface area (TPSA) is 45.7 Å². The molecule has 0 unspecified atom stereocenters. The number of carbonyl (C=O) groups excluding carboxylic acids is 1. The second kappa shape index (κ2) is 10.0. The van der Waals surface area contributed by atoms with Crippen LogP contribution in [0.15, 0.2) is 79.1 Å². The monoisotopic (exact) mass is 401 g/mol. The lowest BCUT2D eigenvalue weighted by Crippen LogP contribution is -2.35. The maximum Gasteiger partial charge on any atom is 0.253 e. The zero-order chi connectivity index (χ0) is 20.6. The molecule has 1 fully saturated rings. The molecule has 0 saturated carbocycles. The van der Waals surface area contributed by atoms with Gasteiger partial charge in [0.2, 0.25) is 0 Å². The molecule has 30 heavy (non-hydrogen) atoms. The molecule has 1 aliphatic rings. The van der Waals surface area contributed by atoms with Crippen LogP contribution in [0.2, 0.25) is 0 Å². The van der Waals surface area contributed by atoms with Crippen LogP contribution < -0.4 is 4.74 Å². The first-order chi connectivity index (χ1) is 14.8. The highest BCUT2D eigenvalue weighted by molar-refractivity contribution is 5.94. The number of carbonyl (C=O) groups is 1. The SMILES string of the molecule is O=C(c1ccc(OCc2cccnc2)cc1)N1CCCN(Cc2ccccc2)CC1. The van der Waals surface area contributed by atoms with Gasteiger partial charge in [-0.2, -0.15) is 0 Å². The van der Waals surface area contributed by atoms with Crippen LogP contribution >= 0.6 is 0 Å². The van der Waals surface area contributed by atoms with Gasteiger partial charge in [0.05, 0.1) is 0 Å². The molecule has 0 radical (unpaired) electrons. The molecule has 1 aliphatic heterocycles. The standard InChI is InChI=1S/C25H27N3O2/c29-25(23-9-11-24(12-10-23)30-20-22-8-4-13-26-18-22)28-15-5-14-27(16-17-28)19-21-6-2-1-3-7-21/h1-4,6-13,18H,5,14-17,19-20H2. The van der Waals surface area contributed by atoms with Gasteiger partial charge in [-0.3, -0.25) is 14.7 Å². The number of rotatable bonds is 6. The van der Waals surface area contributed by atoms with E-state index in [4.69, 9.17) is 4.74 Å². The number of hydrogen-bond acceptors (Lipinski definition) is 4. The van der Waals surface area contributed by atoms with Gasteiger partial charge < -0.3 is 9.64 Å². The summed E-state index contributed by atoms with van der Waals surface area (Å²) in [5.74, 6) is 0.843. The first kappa shape index (κ1) is 20.1. The molecule has 0 spiro atoms. The number of aromatic nitrogens is 1. The lowest BCUT2D eigenvalue weighted by atomic mass is 10.2. The molecule has 1 amide bonds. The number of ether oxygens (including phenoxy) is 1. The van der Waals surface area contributed by atoms with Gasteiger partial charge in [0.1, 0.15) is 12.4 Å². The normalized spacial score (nSPS) is 14.9. The molecule has 0 bridgehead atoms. The van der Waals surface area contributed by atoms with E-state index in [1.807, 2.05) is 47.4 Å². The molecule has 2 aromatic carbocycles. The molecule has 3 aromatic rings. The first-order valence-corrected chi connectivity index (χ1v) is 10.5. The van der Waals surface area contributed by atoms with Crippen molar-refractivity contribution in [3.63, 3.8) is 0 Å². The van der Waals surface area contributed by atoms with Crippen LogP contribution in [-0.4, -0.2) is 46.9 Å². The lowest BCUT2D eigenvalue weighted by molar-refractivity contribution is 0.0761. The molecular formula is C25H27N3O2. The van der Waals surface area contributed by atoms with E-state index in [1.165, 1.54) is 5.56 Å². The van der Waals surface area contributed by atoms with Gasteiger partial charge in [-0.25, -0.2) is 0 Å². The molecule has 5 heteroatoms. The van der Waals surface area contributed by atoms with E-state index >= 15 is 0 Å². The Bertz CT molecular complexity index is 930. The van der Waals surface area contributed by atoms with Crippen molar-refractivity contribution in [3.05, 3.63) is 95.8 Å². The van der Waals surface area contributed by atoms with Gasteiger partial charge >= 0.3 is 0 Å². The largest absolute Gasteiger partial charge is 0.489 e. The van der Waals surface area contributed by atoms with Crippen molar-refractivity contribution in [2.75, 3.05) is 26.2 Å². The van der Waals surface area contributed by atoms with Crippen LogP contribution in [0.1, 0.15) is 27.9 Å². The fourth-order valence-electron chi connectivity index (χ4n) is 3.70. The third-order valence-electron chi connectivity index (χ3n) is 5.35. The van der Waals surface area contributed by atoms with Gasteiger partial charge in [-0.1, -0.05) is 36.4 Å². The van der Waals surface area contributed by atoms with E-state index in [2.05, 4.69) is 34.1 Å². The summed E-state index contributed by atoms with van der Waals surface area (Å²) in [4.78, 5) is 21.5. The van der Waals surface area contributed by atoms with Crippen molar-refractivity contribution in [1.82, 2.24) is 14.8 Å². The lowest BCUT2D eigenvalue weighted by Gasteiger charge is -2.22. The fraction of sp³-hybridized carbons (Fsp3) is 0.280. The van der Waals surface area contributed by atoms with Gasteiger partial charge in [-0.05, 0) is 42.3 Å². The Hall–Kier alpha value is -3.18. The molecular weight excluding hydrogens is 374 g/mol. The summed E-state index contributed by atoms with van der Waals surface area (Å²) in [6.45, 7) is 4.86. The predicted octanol–water partition coefficient (Wildman–Crippen LogP) is 4.01. The van der Waals surface area contributed by atoms with Crippen LogP contribution in [0.3, 0.4) is 0 Å². The molecule has 4 rings (SSSR count). The third-order valence-corrected chi connectivity index (χ3v) is 5.35. The summed E-state index contributed by atoms with van der Waals surface area (Å²) in [7, 11) is 0. The van der Waals surface area contributed by atoms with Crippen LogP contribution in [0, 0.1) is 0 Å². The van der Waals surface area contributed by atoms with E-state index in [-0.39, 0.29) is 5.91 Å². The average molecular weight is 402 g/mol. The molecule has 1 saturated heterocycles. The fourth-order valence-corrected chi connectivity index (χ4v) is 3.70. The van der Waals surface area contributed by atoms with Gasteiger partial charge in [0.15, 0.2) is 0 Å². The highest BCUT2D eigenvalue weighted by atomic mass is 16.5. The van der Waals surface area contributed by atoms with Gasteiger partial charge in [0, 0.05) is 56.2 Å². The van der Waals surface area contributed by atoms with Crippen molar-refractivity contribution in [2.24, 2.45) is 0 Å². The minimum atomic E-state index is 0.0929. The number of benzene rings is 2. The maximum atomic E-state index is 13.0. The zero-order valence-electron chi connectivity index (χ0n) is 17.1. The van der Waals surface area contributed by atoms with E-state index < -0.39 is 0 Å². The number of amides is 1. The number of nitrogens with zero attached hydrogens (tertiary/aromatic N) is 3. The minimum absolute atomic E-state index is 0.0929. The summed E-state index contributed by atoms with van der Waals surface area (Å²) >= 11 is 0. The summed E-state index contributed by atoms with van der Waals surface area (Å²) in [6, 6.07) is 21.8. The smallest absolute Gasteiger partial charge is 0.253 e. The summed E-state index contributed by atoms with van der Waals surface area (Å²) < 4.78 is 5.79. The molecule has 1 aromatic heterocycles. The van der Waals surface area contributed by atoms with E-state index in [0.717, 1.165) is 50.5 Å². The Kier molecular flexibility index (Phi) is 6.72. The average Bonchev–Trinajstić information content (AvgIpc) is 3.04. The predicted molar refractivity (Wildman–Crippen MR) is 117 cm³/mol. The van der Waals surface area contributed by atoms with E-state index in [0.29, 0.717) is 12.2 Å². The summed E-state index contributed by atoms with van der Waals surface area (Å²) in [6.07, 6.45) is 4.52. The van der Waals surface area contributed by atoms with Crippen LogP contribution in [0.5, 0.6) is 5.75 Å². The molecule has 0 atom stereocenters. The second-order valence-corrected chi connectivity index (χ2v) is 7.58. The molecule has 154 valence electrons.